The molecule has 3 rings (SSSR count). The van der Waals surface area contributed by atoms with E-state index in [-0.39, 0.29) is 0 Å². The van der Waals surface area contributed by atoms with E-state index in [2.05, 4.69) is 104 Å². The van der Waals surface area contributed by atoms with Crippen LogP contribution in [0.2, 0.25) is 0 Å². The fourth-order valence-corrected chi connectivity index (χ4v) is 3.97. The van der Waals surface area contributed by atoms with Crippen molar-refractivity contribution in [2.75, 3.05) is 0 Å². The third-order valence-electron chi connectivity index (χ3n) is 4.50. The lowest BCUT2D eigenvalue weighted by atomic mass is 10.0. The summed E-state index contributed by atoms with van der Waals surface area (Å²) in [5.74, 6) is 0. The summed E-state index contributed by atoms with van der Waals surface area (Å²) < 4.78 is 0. The van der Waals surface area contributed by atoms with E-state index in [0.717, 1.165) is 25.7 Å². The SMILES string of the molecule is C=C(CC/C=C(\CCc1ccccc1)Sc1ccccc1)c1ccccc1. The molecule has 0 N–H and O–H groups in total. The number of aryl methyl sites for hydroxylation is 1. The lowest BCUT2D eigenvalue weighted by Crippen LogP contribution is -1.88. The van der Waals surface area contributed by atoms with Gasteiger partial charge >= 0.3 is 0 Å². The van der Waals surface area contributed by atoms with Gasteiger partial charge in [0.05, 0.1) is 0 Å². The molecule has 0 unspecified atom stereocenters. The lowest BCUT2D eigenvalue weighted by molar-refractivity contribution is 0.967. The Balaban J connectivity index is 1.62. The summed E-state index contributed by atoms with van der Waals surface area (Å²) in [4.78, 5) is 2.74. The van der Waals surface area contributed by atoms with E-state index in [1.54, 1.807) is 0 Å². The number of hydrogen-bond donors (Lipinski definition) is 0. The minimum Gasteiger partial charge on any atom is -0.0952 e. The van der Waals surface area contributed by atoms with Gasteiger partial charge in [0.15, 0.2) is 0 Å². The fraction of sp³-hybridized carbons (Fsp3) is 0.154. The van der Waals surface area contributed by atoms with Gasteiger partial charge in [-0.3, -0.25) is 0 Å². The van der Waals surface area contributed by atoms with Gasteiger partial charge in [0.1, 0.15) is 0 Å². The smallest absolute Gasteiger partial charge is 0.0118 e. The van der Waals surface area contributed by atoms with Gasteiger partial charge < -0.3 is 0 Å². The molecule has 3 aromatic rings. The summed E-state index contributed by atoms with van der Waals surface area (Å²) in [5, 5.41) is 0. The van der Waals surface area contributed by atoms with Gasteiger partial charge in [-0.15, -0.1) is 0 Å². The third-order valence-corrected chi connectivity index (χ3v) is 5.64. The van der Waals surface area contributed by atoms with E-state index < -0.39 is 0 Å². The van der Waals surface area contributed by atoms with Crippen LogP contribution in [0.5, 0.6) is 0 Å². The van der Waals surface area contributed by atoms with Gasteiger partial charge in [0.2, 0.25) is 0 Å². The highest BCUT2D eigenvalue weighted by Gasteiger charge is 2.03. The molecule has 0 aliphatic carbocycles. The van der Waals surface area contributed by atoms with Crippen molar-refractivity contribution in [2.45, 2.75) is 30.6 Å². The number of rotatable bonds is 9. The molecule has 0 heterocycles. The van der Waals surface area contributed by atoms with Crippen molar-refractivity contribution in [3.05, 3.63) is 120 Å². The fourth-order valence-electron chi connectivity index (χ4n) is 2.97. The topological polar surface area (TPSA) is 0 Å². The van der Waals surface area contributed by atoms with Gasteiger partial charge in [-0.2, -0.15) is 0 Å². The highest BCUT2D eigenvalue weighted by molar-refractivity contribution is 8.03. The van der Waals surface area contributed by atoms with Crippen molar-refractivity contribution in [1.82, 2.24) is 0 Å². The highest BCUT2D eigenvalue weighted by Crippen LogP contribution is 2.31. The molecule has 0 saturated carbocycles. The van der Waals surface area contributed by atoms with E-state index in [9.17, 15) is 0 Å². The highest BCUT2D eigenvalue weighted by atomic mass is 32.2. The zero-order chi connectivity index (χ0) is 18.7. The summed E-state index contributed by atoms with van der Waals surface area (Å²) in [7, 11) is 0. The molecule has 0 bridgehead atoms. The van der Waals surface area contributed by atoms with Crippen LogP contribution >= 0.6 is 11.8 Å². The predicted molar refractivity (Wildman–Crippen MR) is 120 cm³/mol. The van der Waals surface area contributed by atoms with Crippen molar-refractivity contribution >= 4 is 17.3 Å². The van der Waals surface area contributed by atoms with Gasteiger partial charge in [-0.25, -0.2) is 0 Å². The minimum atomic E-state index is 0.994. The van der Waals surface area contributed by atoms with Crippen LogP contribution in [-0.4, -0.2) is 0 Å². The Kier molecular flexibility index (Phi) is 7.56. The van der Waals surface area contributed by atoms with E-state index in [4.69, 9.17) is 0 Å². The molecule has 27 heavy (non-hydrogen) atoms. The van der Waals surface area contributed by atoms with Crippen LogP contribution in [0.25, 0.3) is 5.57 Å². The Labute approximate surface area is 167 Å². The molecule has 0 aliphatic rings. The predicted octanol–water partition coefficient (Wildman–Crippen LogP) is 7.79. The molecule has 0 radical (unpaired) electrons. The van der Waals surface area contributed by atoms with Crippen LogP contribution in [0.1, 0.15) is 30.4 Å². The third kappa shape index (κ3) is 6.62. The molecule has 0 saturated heterocycles. The summed E-state index contributed by atoms with van der Waals surface area (Å²) in [5.41, 5.74) is 3.84. The van der Waals surface area contributed by atoms with Crippen LogP contribution in [-0.2, 0) is 6.42 Å². The molecule has 1 heteroatoms. The molecule has 0 spiro atoms. The molecule has 0 amide bonds. The summed E-state index contributed by atoms with van der Waals surface area (Å²) in [6, 6.07) is 31.9. The minimum absolute atomic E-state index is 0.994. The molecule has 0 nitrogen and oxygen atoms in total. The van der Waals surface area contributed by atoms with Crippen LogP contribution in [0.15, 0.2) is 113 Å². The Morgan fingerprint density at radius 2 is 1.33 bits per heavy atom. The van der Waals surface area contributed by atoms with Crippen LogP contribution in [0.3, 0.4) is 0 Å². The number of thioether (sulfide) groups is 1. The van der Waals surface area contributed by atoms with Crippen molar-refractivity contribution in [1.29, 1.82) is 0 Å². The van der Waals surface area contributed by atoms with Gasteiger partial charge in [-0.1, -0.05) is 103 Å². The van der Waals surface area contributed by atoms with Gasteiger partial charge in [-0.05, 0) is 59.4 Å². The van der Waals surface area contributed by atoms with Crippen molar-refractivity contribution in [3.8, 4) is 0 Å². The second kappa shape index (κ2) is 10.6. The molecule has 136 valence electrons. The van der Waals surface area contributed by atoms with E-state index in [0.29, 0.717) is 0 Å². The molecular weight excluding hydrogens is 344 g/mol. The maximum Gasteiger partial charge on any atom is 0.0118 e. The zero-order valence-electron chi connectivity index (χ0n) is 15.7. The van der Waals surface area contributed by atoms with Gasteiger partial charge in [0.25, 0.3) is 0 Å². The quantitative estimate of drug-likeness (QED) is 0.346. The Hall–Kier alpha value is -2.51. The average molecular weight is 371 g/mol. The maximum atomic E-state index is 4.26. The first-order valence-corrected chi connectivity index (χ1v) is 10.3. The molecule has 0 aliphatic heterocycles. The molecule has 0 aromatic heterocycles. The summed E-state index contributed by atoms with van der Waals surface area (Å²) in [6.45, 7) is 4.26. The zero-order valence-corrected chi connectivity index (χ0v) is 16.5. The van der Waals surface area contributed by atoms with E-state index in [1.165, 1.54) is 26.5 Å². The van der Waals surface area contributed by atoms with Gasteiger partial charge in [0, 0.05) is 4.90 Å². The number of benzene rings is 3. The number of hydrogen-bond acceptors (Lipinski definition) is 1. The number of allylic oxidation sites excluding steroid dienone is 3. The standard InChI is InChI=1S/C26H26S/c1-22(24-15-7-3-8-16-24)12-11-19-26(27-25-17-9-4-10-18-25)21-20-23-13-5-2-6-14-23/h2-10,13-19H,1,11-12,20-21H2/b26-19+. The first kappa shape index (κ1) is 19.3. The Bertz CT molecular complexity index is 848. The van der Waals surface area contributed by atoms with Crippen LogP contribution in [0, 0.1) is 0 Å². The first-order chi connectivity index (χ1) is 13.3. The second-order valence-electron chi connectivity index (χ2n) is 6.58. The summed E-state index contributed by atoms with van der Waals surface area (Å²) >= 11 is 1.89. The summed E-state index contributed by atoms with van der Waals surface area (Å²) in [6.07, 6.45) is 6.56. The second-order valence-corrected chi connectivity index (χ2v) is 7.78. The maximum absolute atomic E-state index is 4.26. The average Bonchev–Trinajstić information content (AvgIpc) is 2.74. The van der Waals surface area contributed by atoms with Crippen molar-refractivity contribution in [2.24, 2.45) is 0 Å². The molecule has 3 aromatic carbocycles. The van der Waals surface area contributed by atoms with Crippen LogP contribution in [0.4, 0.5) is 0 Å². The normalized spacial score (nSPS) is 11.3. The van der Waals surface area contributed by atoms with Crippen molar-refractivity contribution < 1.29 is 0 Å². The Morgan fingerprint density at radius 1 is 0.741 bits per heavy atom. The van der Waals surface area contributed by atoms with Crippen LogP contribution < -0.4 is 0 Å². The molecular formula is C26H26S. The van der Waals surface area contributed by atoms with E-state index >= 15 is 0 Å². The Morgan fingerprint density at radius 3 is 2.00 bits per heavy atom. The monoisotopic (exact) mass is 370 g/mol. The van der Waals surface area contributed by atoms with E-state index in [1.807, 2.05) is 11.8 Å². The largest absolute Gasteiger partial charge is 0.0952 e. The van der Waals surface area contributed by atoms with Crippen molar-refractivity contribution in [3.63, 3.8) is 0 Å². The first-order valence-electron chi connectivity index (χ1n) is 9.50. The lowest BCUT2D eigenvalue weighted by Gasteiger charge is -2.09. The molecule has 0 atom stereocenters. The molecule has 0 fully saturated rings.